The molecule has 2 aliphatic rings. The molecular weight excluding hydrogens is 250 g/mol. The third-order valence-electron chi connectivity index (χ3n) is 4.73. The zero-order valence-corrected chi connectivity index (χ0v) is 12.5. The van der Waals surface area contributed by atoms with Gasteiger partial charge in [-0.2, -0.15) is 0 Å². The van der Waals surface area contributed by atoms with Crippen LogP contribution in [-0.4, -0.2) is 43.7 Å². The molecule has 4 nitrogen and oxygen atoms in total. The second-order valence-electron chi connectivity index (χ2n) is 6.07. The molecule has 1 aromatic carbocycles. The number of nitrogens with zero attached hydrogens (tertiary/aromatic N) is 2. The Labute approximate surface area is 121 Å². The van der Waals surface area contributed by atoms with Crippen LogP contribution in [0.25, 0.3) is 0 Å². The summed E-state index contributed by atoms with van der Waals surface area (Å²) in [5.41, 5.74) is 8.20. The van der Waals surface area contributed by atoms with Gasteiger partial charge in [0.25, 0.3) is 0 Å². The quantitative estimate of drug-likeness (QED) is 0.841. The van der Waals surface area contributed by atoms with Gasteiger partial charge in [0.15, 0.2) is 0 Å². The Morgan fingerprint density at radius 1 is 1.25 bits per heavy atom. The number of nitrogens with two attached hydrogens (primary N) is 1. The second-order valence-corrected chi connectivity index (χ2v) is 6.07. The molecule has 0 aromatic heterocycles. The molecule has 0 aliphatic carbocycles. The molecule has 2 atom stereocenters. The fraction of sp³-hybridized carbons (Fsp3) is 0.625. The fourth-order valence-electron chi connectivity index (χ4n) is 3.61. The molecular formula is C16H25N3O. The van der Waals surface area contributed by atoms with Gasteiger partial charge >= 0.3 is 0 Å². The van der Waals surface area contributed by atoms with Crippen LogP contribution in [0.15, 0.2) is 18.2 Å². The van der Waals surface area contributed by atoms with Gasteiger partial charge in [-0.05, 0) is 38.4 Å². The van der Waals surface area contributed by atoms with Gasteiger partial charge in [-0.25, -0.2) is 0 Å². The summed E-state index contributed by atoms with van der Waals surface area (Å²) in [6.45, 7) is 5.81. The molecule has 0 amide bonds. The van der Waals surface area contributed by atoms with Gasteiger partial charge in [-0.15, -0.1) is 0 Å². The van der Waals surface area contributed by atoms with E-state index in [9.17, 15) is 0 Å². The van der Waals surface area contributed by atoms with Crippen LogP contribution in [0.1, 0.15) is 26.2 Å². The number of fused-ring (bicyclic) bond motifs is 1. The fourth-order valence-corrected chi connectivity index (χ4v) is 3.61. The number of piperazine rings is 1. The molecule has 2 N–H and O–H groups in total. The predicted octanol–water partition coefficient (Wildman–Crippen LogP) is 2.34. The monoisotopic (exact) mass is 275 g/mol. The lowest BCUT2D eigenvalue weighted by molar-refractivity contribution is 0.115. The first kappa shape index (κ1) is 13.6. The molecule has 20 heavy (non-hydrogen) atoms. The average Bonchev–Trinajstić information content (AvgIpc) is 2.46. The van der Waals surface area contributed by atoms with Crippen molar-refractivity contribution in [1.29, 1.82) is 0 Å². The first-order valence-corrected chi connectivity index (χ1v) is 7.63. The molecule has 2 saturated heterocycles. The number of hydrogen-bond acceptors (Lipinski definition) is 4. The summed E-state index contributed by atoms with van der Waals surface area (Å²) in [5.74, 6) is 0.829. The van der Waals surface area contributed by atoms with Crippen molar-refractivity contribution in [2.45, 2.75) is 38.3 Å². The standard InChI is InChI=1S/C16H25N3O/c1-12-10-18-8-4-3-5-13(18)11-19(12)16-7-6-14(20-2)9-15(16)17/h6-7,9,12-13H,3-5,8,10-11,17H2,1-2H3. The highest BCUT2D eigenvalue weighted by Crippen LogP contribution is 2.33. The van der Waals surface area contributed by atoms with E-state index in [0.717, 1.165) is 30.2 Å². The molecule has 0 spiro atoms. The van der Waals surface area contributed by atoms with Crippen LogP contribution >= 0.6 is 0 Å². The van der Waals surface area contributed by atoms with Crippen LogP contribution in [0.5, 0.6) is 5.75 Å². The lowest BCUT2D eigenvalue weighted by Gasteiger charge is -2.48. The minimum absolute atomic E-state index is 0.514. The van der Waals surface area contributed by atoms with E-state index in [-0.39, 0.29) is 0 Å². The van der Waals surface area contributed by atoms with Gasteiger partial charge in [-0.3, -0.25) is 4.90 Å². The van der Waals surface area contributed by atoms with E-state index >= 15 is 0 Å². The van der Waals surface area contributed by atoms with Crippen LogP contribution in [0.3, 0.4) is 0 Å². The van der Waals surface area contributed by atoms with Crippen molar-refractivity contribution in [3.8, 4) is 5.75 Å². The Morgan fingerprint density at radius 2 is 2.10 bits per heavy atom. The van der Waals surface area contributed by atoms with Gasteiger partial charge in [0.05, 0.1) is 18.5 Å². The summed E-state index contributed by atoms with van der Waals surface area (Å²) in [4.78, 5) is 5.13. The number of ether oxygens (including phenoxy) is 1. The molecule has 1 aromatic rings. The third kappa shape index (κ3) is 2.44. The van der Waals surface area contributed by atoms with Crippen molar-refractivity contribution in [3.05, 3.63) is 18.2 Å². The number of hydrogen-bond donors (Lipinski definition) is 1. The summed E-state index contributed by atoms with van der Waals surface area (Å²) < 4.78 is 5.24. The molecule has 110 valence electrons. The Balaban J connectivity index is 1.82. The van der Waals surface area contributed by atoms with Gasteiger partial charge in [0, 0.05) is 31.2 Å². The number of methoxy groups -OCH3 is 1. The van der Waals surface area contributed by atoms with Crippen LogP contribution in [0.2, 0.25) is 0 Å². The van der Waals surface area contributed by atoms with E-state index in [0.29, 0.717) is 12.1 Å². The van der Waals surface area contributed by atoms with E-state index in [1.165, 1.54) is 25.8 Å². The molecule has 2 aliphatic heterocycles. The number of anilines is 2. The highest BCUT2D eigenvalue weighted by Gasteiger charge is 2.33. The highest BCUT2D eigenvalue weighted by molar-refractivity contribution is 5.70. The lowest BCUT2D eigenvalue weighted by atomic mass is 9.96. The van der Waals surface area contributed by atoms with Crippen LogP contribution in [-0.2, 0) is 0 Å². The van der Waals surface area contributed by atoms with Crippen LogP contribution in [0.4, 0.5) is 11.4 Å². The van der Waals surface area contributed by atoms with Crippen LogP contribution in [0, 0.1) is 0 Å². The number of rotatable bonds is 2. The largest absolute Gasteiger partial charge is 0.497 e. The summed E-state index contributed by atoms with van der Waals surface area (Å²) in [6, 6.07) is 7.24. The van der Waals surface area contributed by atoms with Gasteiger partial charge in [0.2, 0.25) is 0 Å². The number of benzene rings is 1. The minimum Gasteiger partial charge on any atom is -0.497 e. The van der Waals surface area contributed by atoms with Crippen molar-refractivity contribution in [1.82, 2.24) is 4.90 Å². The summed E-state index contributed by atoms with van der Waals surface area (Å²) in [5, 5.41) is 0. The van der Waals surface area contributed by atoms with E-state index in [1.54, 1.807) is 7.11 Å². The first-order valence-electron chi connectivity index (χ1n) is 7.63. The Hall–Kier alpha value is -1.42. The molecule has 2 fully saturated rings. The summed E-state index contributed by atoms with van der Waals surface area (Å²) >= 11 is 0. The van der Waals surface area contributed by atoms with Gasteiger partial charge < -0.3 is 15.4 Å². The molecule has 2 heterocycles. The summed E-state index contributed by atoms with van der Waals surface area (Å²) in [7, 11) is 1.68. The maximum absolute atomic E-state index is 6.22. The Morgan fingerprint density at radius 3 is 2.85 bits per heavy atom. The van der Waals surface area contributed by atoms with Crippen molar-refractivity contribution in [2.75, 3.05) is 37.4 Å². The third-order valence-corrected chi connectivity index (χ3v) is 4.73. The molecule has 0 radical (unpaired) electrons. The molecule has 3 rings (SSSR count). The van der Waals surface area contributed by atoms with E-state index < -0.39 is 0 Å². The summed E-state index contributed by atoms with van der Waals surface area (Å²) in [6.07, 6.45) is 4.04. The minimum atomic E-state index is 0.514. The van der Waals surface area contributed by atoms with Crippen molar-refractivity contribution in [2.24, 2.45) is 0 Å². The molecule has 0 saturated carbocycles. The second kappa shape index (κ2) is 5.52. The maximum Gasteiger partial charge on any atom is 0.121 e. The normalized spacial score (nSPS) is 27.2. The molecule has 0 bridgehead atoms. The zero-order valence-electron chi connectivity index (χ0n) is 12.5. The molecule has 2 unspecified atom stereocenters. The first-order chi connectivity index (χ1) is 9.69. The highest BCUT2D eigenvalue weighted by atomic mass is 16.5. The lowest BCUT2D eigenvalue weighted by Crippen LogP contribution is -2.59. The average molecular weight is 275 g/mol. The van der Waals surface area contributed by atoms with Crippen molar-refractivity contribution in [3.63, 3.8) is 0 Å². The van der Waals surface area contributed by atoms with Gasteiger partial charge in [-0.1, -0.05) is 6.42 Å². The van der Waals surface area contributed by atoms with E-state index in [4.69, 9.17) is 10.5 Å². The Kier molecular flexibility index (Phi) is 3.74. The topological polar surface area (TPSA) is 41.7 Å². The van der Waals surface area contributed by atoms with Crippen molar-refractivity contribution < 1.29 is 4.74 Å². The molecule has 4 heteroatoms. The number of nitrogen functional groups attached to an aromatic ring is 1. The maximum atomic E-state index is 6.22. The van der Waals surface area contributed by atoms with Crippen LogP contribution < -0.4 is 15.4 Å². The predicted molar refractivity (Wildman–Crippen MR) is 83.4 cm³/mol. The van der Waals surface area contributed by atoms with Gasteiger partial charge in [0.1, 0.15) is 5.75 Å². The SMILES string of the molecule is COc1ccc(N2CC3CCCCN3CC2C)c(N)c1. The van der Waals surface area contributed by atoms with E-state index in [1.807, 2.05) is 12.1 Å². The zero-order chi connectivity index (χ0) is 14.1. The number of piperidine rings is 1. The van der Waals surface area contributed by atoms with Crippen molar-refractivity contribution >= 4 is 11.4 Å². The van der Waals surface area contributed by atoms with E-state index in [2.05, 4.69) is 22.8 Å². The Bertz CT molecular complexity index is 477. The smallest absolute Gasteiger partial charge is 0.121 e.